The molecule has 194 valence electrons. The van der Waals surface area contributed by atoms with Crippen molar-refractivity contribution in [2.24, 2.45) is 0 Å². The first-order chi connectivity index (χ1) is 18.5. The van der Waals surface area contributed by atoms with Crippen LogP contribution in [0.15, 0.2) is 77.7 Å². The topological polar surface area (TPSA) is 75.2 Å². The SMILES string of the molecule is Cc1cc(C)cc(N2CC(c3nnc(NC(=O)c4ccccc4SCCCc4ccccc4)s3)CC2=O)c1. The lowest BCUT2D eigenvalue weighted by molar-refractivity contribution is -0.117. The molecule has 38 heavy (non-hydrogen) atoms. The third-order valence-corrected chi connectivity index (χ3v) is 8.66. The van der Waals surface area contributed by atoms with Crippen molar-refractivity contribution in [3.05, 3.63) is 100 Å². The van der Waals surface area contributed by atoms with Crippen LogP contribution in [-0.4, -0.2) is 34.3 Å². The summed E-state index contributed by atoms with van der Waals surface area (Å²) in [6, 6.07) is 24.3. The molecule has 1 atom stereocenters. The Morgan fingerprint density at radius 3 is 2.55 bits per heavy atom. The Kier molecular flexibility index (Phi) is 8.20. The highest BCUT2D eigenvalue weighted by molar-refractivity contribution is 7.99. The van der Waals surface area contributed by atoms with Gasteiger partial charge in [-0.25, -0.2) is 0 Å². The van der Waals surface area contributed by atoms with E-state index in [-0.39, 0.29) is 17.7 Å². The maximum Gasteiger partial charge on any atom is 0.258 e. The number of hydrogen-bond donors (Lipinski definition) is 1. The van der Waals surface area contributed by atoms with Gasteiger partial charge in [-0.3, -0.25) is 14.9 Å². The lowest BCUT2D eigenvalue weighted by Gasteiger charge is -2.17. The van der Waals surface area contributed by atoms with Crippen molar-refractivity contribution >= 4 is 45.7 Å². The predicted octanol–water partition coefficient (Wildman–Crippen LogP) is 6.65. The van der Waals surface area contributed by atoms with Crippen molar-refractivity contribution in [1.82, 2.24) is 10.2 Å². The first-order valence-corrected chi connectivity index (χ1v) is 14.6. The van der Waals surface area contributed by atoms with Crippen LogP contribution in [0.1, 0.15) is 50.8 Å². The van der Waals surface area contributed by atoms with Crippen LogP contribution in [0.2, 0.25) is 0 Å². The third-order valence-electron chi connectivity index (χ3n) is 6.50. The molecule has 0 saturated carbocycles. The summed E-state index contributed by atoms with van der Waals surface area (Å²) in [7, 11) is 0. The van der Waals surface area contributed by atoms with E-state index in [0.29, 0.717) is 23.7 Å². The van der Waals surface area contributed by atoms with Crippen molar-refractivity contribution in [2.45, 2.75) is 43.9 Å². The summed E-state index contributed by atoms with van der Waals surface area (Å²) >= 11 is 3.04. The van der Waals surface area contributed by atoms with Crippen LogP contribution in [0.3, 0.4) is 0 Å². The average Bonchev–Trinajstić information content (AvgIpc) is 3.53. The Labute approximate surface area is 231 Å². The molecular formula is C30H30N4O2S2. The number of rotatable bonds is 9. The summed E-state index contributed by atoms with van der Waals surface area (Å²) in [6.07, 6.45) is 2.43. The van der Waals surface area contributed by atoms with Crippen LogP contribution in [-0.2, 0) is 11.2 Å². The lowest BCUT2D eigenvalue weighted by atomic mass is 10.1. The van der Waals surface area contributed by atoms with Gasteiger partial charge in [0.2, 0.25) is 11.0 Å². The molecule has 8 heteroatoms. The molecule has 1 aliphatic heterocycles. The summed E-state index contributed by atoms with van der Waals surface area (Å²) in [4.78, 5) is 28.7. The highest BCUT2D eigenvalue weighted by Crippen LogP contribution is 2.35. The molecule has 1 unspecified atom stereocenters. The number of thioether (sulfide) groups is 1. The number of hydrogen-bond acceptors (Lipinski definition) is 6. The van der Waals surface area contributed by atoms with E-state index in [4.69, 9.17) is 0 Å². The van der Waals surface area contributed by atoms with Crippen LogP contribution in [0.5, 0.6) is 0 Å². The minimum absolute atomic E-state index is 0.0427. The number of carbonyl (C=O) groups is 2. The highest BCUT2D eigenvalue weighted by Gasteiger charge is 2.34. The molecule has 6 nitrogen and oxygen atoms in total. The maximum atomic E-state index is 13.1. The van der Waals surface area contributed by atoms with Gasteiger partial charge in [0.15, 0.2) is 0 Å². The summed E-state index contributed by atoms with van der Waals surface area (Å²) in [5.41, 5.74) is 5.14. The number of nitrogens with zero attached hydrogens (tertiary/aromatic N) is 3. The van der Waals surface area contributed by atoms with Crippen molar-refractivity contribution in [2.75, 3.05) is 22.5 Å². The second kappa shape index (κ2) is 11.9. The second-order valence-electron chi connectivity index (χ2n) is 9.58. The molecule has 1 aromatic heterocycles. The van der Waals surface area contributed by atoms with E-state index in [1.54, 1.807) is 11.8 Å². The van der Waals surface area contributed by atoms with Crippen LogP contribution >= 0.6 is 23.1 Å². The lowest BCUT2D eigenvalue weighted by Crippen LogP contribution is -2.24. The number of amides is 2. The summed E-state index contributed by atoms with van der Waals surface area (Å²) in [6.45, 7) is 4.64. The van der Waals surface area contributed by atoms with E-state index in [1.165, 1.54) is 16.9 Å². The fourth-order valence-corrected chi connectivity index (χ4v) is 6.56. The fraction of sp³-hybridized carbons (Fsp3) is 0.267. The fourth-order valence-electron chi connectivity index (χ4n) is 4.73. The number of aryl methyl sites for hydroxylation is 3. The molecule has 1 aliphatic rings. The molecule has 4 aromatic rings. The average molecular weight is 543 g/mol. The zero-order chi connectivity index (χ0) is 26.5. The van der Waals surface area contributed by atoms with E-state index in [1.807, 2.05) is 61.2 Å². The second-order valence-corrected chi connectivity index (χ2v) is 11.7. The minimum Gasteiger partial charge on any atom is -0.312 e. The molecule has 0 bridgehead atoms. The van der Waals surface area contributed by atoms with E-state index < -0.39 is 0 Å². The van der Waals surface area contributed by atoms with Crippen LogP contribution in [0.25, 0.3) is 0 Å². The first kappa shape index (κ1) is 26.1. The number of carbonyl (C=O) groups excluding carboxylic acids is 2. The van der Waals surface area contributed by atoms with E-state index in [2.05, 4.69) is 45.8 Å². The van der Waals surface area contributed by atoms with Gasteiger partial charge in [-0.2, -0.15) is 0 Å². The number of benzene rings is 3. The number of aromatic nitrogens is 2. The molecule has 2 amide bonds. The van der Waals surface area contributed by atoms with Crippen LogP contribution in [0.4, 0.5) is 10.8 Å². The molecule has 1 fully saturated rings. The smallest absolute Gasteiger partial charge is 0.258 e. The van der Waals surface area contributed by atoms with Gasteiger partial charge < -0.3 is 4.90 Å². The molecule has 0 spiro atoms. The van der Waals surface area contributed by atoms with E-state index in [9.17, 15) is 9.59 Å². The minimum atomic E-state index is -0.196. The summed E-state index contributed by atoms with van der Waals surface area (Å²) in [5.74, 6) is 0.769. The van der Waals surface area contributed by atoms with Crippen molar-refractivity contribution in [3.8, 4) is 0 Å². The zero-order valence-electron chi connectivity index (χ0n) is 21.5. The first-order valence-electron chi connectivity index (χ1n) is 12.8. The van der Waals surface area contributed by atoms with Gasteiger partial charge in [0, 0.05) is 29.5 Å². The molecule has 5 rings (SSSR count). The van der Waals surface area contributed by atoms with Gasteiger partial charge >= 0.3 is 0 Å². The molecule has 3 aromatic carbocycles. The number of anilines is 2. The van der Waals surface area contributed by atoms with Crippen molar-refractivity contribution < 1.29 is 9.59 Å². The Hall–Kier alpha value is -3.49. The van der Waals surface area contributed by atoms with Crippen molar-refractivity contribution in [3.63, 3.8) is 0 Å². The highest BCUT2D eigenvalue weighted by atomic mass is 32.2. The van der Waals surface area contributed by atoms with Crippen LogP contribution < -0.4 is 10.2 Å². The number of nitrogens with one attached hydrogen (secondary N) is 1. The Morgan fingerprint density at radius 1 is 1.03 bits per heavy atom. The van der Waals surface area contributed by atoms with E-state index in [0.717, 1.165) is 45.3 Å². The molecule has 1 saturated heterocycles. The Balaban J connectivity index is 1.19. The largest absolute Gasteiger partial charge is 0.312 e. The van der Waals surface area contributed by atoms with Crippen LogP contribution in [0, 0.1) is 13.8 Å². The summed E-state index contributed by atoms with van der Waals surface area (Å²) in [5, 5.41) is 12.7. The summed E-state index contributed by atoms with van der Waals surface area (Å²) < 4.78 is 0. The molecule has 0 aliphatic carbocycles. The maximum absolute atomic E-state index is 13.1. The van der Waals surface area contributed by atoms with Gasteiger partial charge in [-0.1, -0.05) is 59.9 Å². The standard InChI is InChI=1S/C30H30N4O2S2/c1-20-15-21(2)17-24(16-20)34-19-23(18-27(34)35)29-32-33-30(38-29)31-28(36)25-12-6-7-13-26(25)37-14-8-11-22-9-4-3-5-10-22/h3-7,9-10,12-13,15-17,23H,8,11,14,18-19H2,1-2H3,(H,31,33,36). The van der Waals surface area contributed by atoms with Gasteiger partial charge in [0.1, 0.15) is 5.01 Å². The van der Waals surface area contributed by atoms with Crippen molar-refractivity contribution in [1.29, 1.82) is 0 Å². The molecule has 1 N–H and O–H groups in total. The monoisotopic (exact) mass is 542 g/mol. The predicted molar refractivity (Wildman–Crippen MR) is 155 cm³/mol. The zero-order valence-corrected chi connectivity index (χ0v) is 23.1. The third kappa shape index (κ3) is 6.31. The van der Waals surface area contributed by atoms with E-state index >= 15 is 0 Å². The Bertz CT molecular complexity index is 1420. The molecule has 2 heterocycles. The Morgan fingerprint density at radius 2 is 1.76 bits per heavy atom. The molecule has 0 radical (unpaired) electrons. The molecular weight excluding hydrogens is 512 g/mol. The van der Waals surface area contributed by atoms with Gasteiger partial charge in [-0.05, 0) is 73.4 Å². The van der Waals surface area contributed by atoms with Gasteiger partial charge in [-0.15, -0.1) is 22.0 Å². The normalized spacial score (nSPS) is 15.2. The van der Waals surface area contributed by atoms with Gasteiger partial charge in [0.25, 0.3) is 5.91 Å². The van der Waals surface area contributed by atoms with Gasteiger partial charge in [0.05, 0.1) is 5.56 Å². The quantitative estimate of drug-likeness (QED) is 0.189.